The fraction of sp³-hybridized carbons (Fsp3) is 0.0645. The molecular formula is C31H27N5. The van der Waals surface area contributed by atoms with Gasteiger partial charge in [-0.15, -0.1) is 23.4 Å². The van der Waals surface area contributed by atoms with E-state index in [1.54, 1.807) is 6.20 Å². The molecule has 5 aromatic rings. The quantitative estimate of drug-likeness (QED) is 0.217. The zero-order valence-electron chi connectivity index (χ0n) is 20.0. The number of hydrogen-bond acceptors (Lipinski definition) is 4. The number of benzene rings is 3. The topological polar surface area (TPSA) is 46.8 Å². The molecule has 0 saturated heterocycles. The van der Waals surface area contributed by atoms with Crippen molar-refractivity contribution in [2.24, 2.45) is 0 Å². The number of hydrogen-bond donors (Lipinski definition) is 0. The van der Waals surface area contributed by atoms with Gasteiger partial charge in [-0.3, -0.25) is 9.55 Å². The molecule has 36 heavy (non-hydrogen) atoms. The van der Waals surface area contributed by atoms with Crippen molar-refractivity contribution in [2.75, 3.05) is 11.4 Å². The molecule has 0 saturated carbocycles. The lowest BCUT2D eigenvalue weighted by molar-refractivity contribution is 1.05. The summed E-state index contributed by atoms with van der Waals surface area (Å²) >= 11 is 0. The Balaban J connectivity index is 1.60. The lowest BCUT2D eigenvalue weighted by Gasteiger charge is -2.26. The van der Waals surface area contributed by atoms with Crippen LogP contribution >= 0.6 is 0 Å². The van der Waals surface area contributed by atoms with Crippen molar-refractivity contribution >= 4 is 11.4 Å². The first-order valence-electron chi connectivity index (χ1n) is 11.9. The van der Waals surface area contributed by atoms with E-state index >= 15 is 0 Å². The van der Waals surface area contributed by atoms with Gasteiger partial charge in [0.1, 0.15) is 0 Å². The van der Waals surface area contributed by atoms with Gasteiger partial charge in [-0.1, -0.05) is 60.7 Å². The van der Waals surface area contributed by atoms with E-state index in [9.17, 15) is 0 Å². The third kappa shape index (κ3) is 4.59. The van der Waals surface area contributed by atoms with E-state index in [1.165, 1.54) is 5.56 Å². The Morgan fingerprint density at radius 1 is 0.722 bits per heavy atom. The van der Waals surface area contributed by atoms with Gasteiger partial charge >= 0.3 is 0 Å². The summed E-state index contributed by atoms with van der Waals surface area (Å²) in [5.41, 5.74) is 6.32. The maximum absolute atomic E-state index is 4.56. The second-order valence-electron chi connectivity index (χ2n) is 8.33. The second-order valence-corrected chi connectivity index (χ2v) is 8.33. The van der Waals surface area contributed by atoms with Crippen LogP contribution in [0.4, 0.5) is 11.4 Å². The third-order valence-electron chi connectivity index (χ3n) is 5.99. The van der Waals surface area contributed by atoms with Crippen LogP contribution in [0.25, 0.3) is 28.5 Å². The molecule has 0 amide bonds. The Hall–Kier alpha value is -4.77. The van der Waals surface area contributed by atoms with Gasteiger partial charge in [0, 0.05) is 47.1 Å². The fourth-order valence-electron chi connectivity index (χ4n) is 4.34. The van der Waals surface area contributed by atoms with Crippen molar-refractivity contribution in [3.8, 4) is 28.5 Å². The van der Waals surface area contributed by atoms with Gasteiger partial charge in [-0.2, -0.15) is 0 Å². The molecule has 0 fully saturated rings. The second kappa shape index (κ2) is 10.7. The molecule has 0 N–H and O–H groups in total. The van der Waals surface area contributed by atoms with E-state index < -0.39 is 0 Å². The summed E-state index contributed by atoms with van der Waals surface area (Å²) in [4.78, 5) is 6.55. The SMILES string of the molecule is C=CCc1ccccc1N(CC=C)c1ccc(-n2c(-c3ccccc3)nnc2-c2cccnc2)cc1. The Bertz CT molecular complexity index is 1400. The largest absolute Gasteiger partial charge is 0.337 e. The van der Waals surface area contributed by atoms with Crippen LogP contribution in [-0.2, 0) is 6.42 Å². The van der Waals surface area contributed by atoms with Crippen LogP contribution in [-0.4, -0.2) is 26.3 Å². The molecule has 0 atom stereocenters. The van der Waals surface area contributed by atoms with Crippen molar-refractivity contribution in [3.05, 3.63) is 134 Å². The van der Waals surface area contributed by atoms with Crippen LogP contribution < -0.4 is 4.90 Å². The Morgan fingerprint density at radius 3 is 2.11 bits per heavy atom. The van der Waals surface area contributed by atoms with Crippen LogP contribution in [0.15, 0.2) is 129 Å². The molecule has 2 heterocycles. The minimum atomic E-state index is 0.691. The van der Waals surface area contributed by atoms with Crippen LogP contribution in [0.5, 0.6) is 0 Å². The molecule has 2 aromatic heterocycles. The molecule has 0 aliphatic carbocycles. The number of allylic oxidation sites excluding steroid dienone is 1. The van der Waals surface area contributed by atoms with E-state index in [0.29, 0.717) is 6.54 Å². The Kier molecular flexibility index (Phi) is 6.81. The smallest absolute Gasteiger partial charge is 0.170 e. The fourth-order valence-corrected chi connectivity index (χ4v) is 4.34. The molecule has 0 spiro atoms. The van der Waals surface area contributed by atoms with Crippen LogP contribution in [0.3, 0.4) is 0 Å². The van der Waals surface area contributed by atoms with Gasteiger partial charge < -0.3 is 4.90 Å². The zero-order valence-corrected chi connectivity index (χ0v) is 20.0. The van der Waals surface area contributed by atoms with Crippen molar-refractivity contribution in [1.82, 2.24) is 19.7 Å². The first-order chi connectivity index (χ1) is 17.8. The van der Waals surface area contributed by atoms with Crippen LogP contribution in [0.2, 0.25) is 0 Å². The summed E-state index contributed by atoms with van der Waals surface area (Å²) in [7, 11) is 0. The summed E-state index contributed by atoms with van der Waals surface area (Å²) in [5, 5.41) is 9.10. The third-order valence-corrected chi connectivity index (χ3v) is 5.99. The van der Waals surface area contributed by atoms with Crippen molar-refractivity contribution in [1.29, 1.82) is 0 Å². The summed E-state index contributed by atoms with van der Waals surface area (Å²) in [6, 6.07) is 30.9. The highest BCUT2D eigenvalue weighted by molar-refractivity contribution is 5.70. The highest BCUT2D eigenvalue weighted by atomic mass is 15.3. The molecule has 0 radical (unpaired) electrons. The van der Waals surface area contributed by atoms with Gasteiger partial charge in [0.05, 0.1) is 0 Å². The van der Waals surface area contributed by atoms with Gasteiger partial charge in [0.2, 0.25) is 0 Å². The number of anilines is 2. The Morgan fingerprint density at radius 2 is 1.42 bits per heavy atom. The van der Waals surface area contributed by atoms with Gasteiger partial charge in [-0.05, 0) is 54.4 Å². The van der Waals surface area contributed by atoms with Gasteiger partial charge in [0.15, 0.2) is 11.6 Å². The summed E-state index contributed by atoms with van der Waals surface area (Å²) in [6.45, 7) is 8.60. The molecule has 176 valence electrons. The number of nitrogens with zero attached hydrogens (tertiary/aromatic N) is 5. The molecule has 5 rings (SSSR count). The lowest BCUT2D eigenvalue weighted by atomic mass is 10.1. The van der Waals surface area contributed by atoms with Crippen molar-refractivity contribution in [3.63, 3.8) is 0 Å². The number of para-hydroxylation sites is 1. The monoisotopic (exact) mass is 469 g/mol. The predicted octanol–water partition coefficient (Wildman–Crippen LogP) is 7.05. The van der Waals surface area contributed by atoms with Gasteiger partial charge in [-0.25, -0.2) is 0 Å². The number of aromatic nitrogens is 4. The summed E-state index contributed by atoms with van der Waals surface area (Å²) in [6.07, 6.45) is 8.23. The van der Waals surface area contributed by atoms with E-state index in [2.05, 4.69) is 86.3 Å². The van der Waals surface area contributed by atoms with Crippen LogP contribution in [0.1, 0.15) is 5.56 Å². The average Bonchev–Trinajstić information content (AvgIpc) is 3.39. The highest BCUT2D eigenvalue weighted by Crippen LogP contribution is 2.32. The minimum Gasteiger partial charge on any atom is -0.337 e. The van der Waals surface area contributed by atoms with Crippen LogP contribution in [0, 0.1) is 0 Å². The zero-order chi connectivity index (χ0) is 24.7. The normalized spacial score (nSPS) is 10.7. The molecule has 3 aromatic carbocycles. The van der Waals surface area contributed by atoms with Crippen molar-refractivity contribution in [2.45, 2.75) is 6.42 Å². The first kappa shape index (κ1) is 23.0. The van der Waals surface area contributed by atoms with E-state index in [-0.39, 0.29) is 0 Å². The maximum Gasteiger partial charge on any atom is 0.170 e. The number of rotatable bonds is 9. The molecule has 0 bridgehead atoms. The molecule has 5 nitrogen and oxygen atoms in total. The maximum atomic E-state index is 4.56. The summed E-state index contributed by atoms with van der Waals surface area (Å²) in [5.74, 6) is 1.52. The lowest BCUT2D eigenvalue weighted by Crippen LogP contribution is -2.18. The van der Waals surface area contributed by atoms with Gasteiger partial charge in [0.25, 0.3) is 0 Å². The minimum absolute atomic E-state index is 0.691. The Labute approximate surface area is 211 Å². The molecule has 0 unspecified atom stereocenters. The molecule has 0 aliphatic heterocycles. The number of pyridine rings is 1. The predicted molar refractivity (Wildman–Crippen MR) is 148 cm³/mol. The van der Waals surface area contributed by atoms with Crippen molar-refractivity contribution < 1.29 is 0 Å². The molecule has 0 aliphatic rings. The first-order valence-corrected chi connectivity index (χ1v) is 11.9. The molecule has 5 heteroatoms. The average molecular weight is 470 g/mol. The summed E-state index contributed by atoms with van der Waals surface area (Å²) < 4.78 is 2.08. The van der Waals surface area contributed by atoms with E-state index in [4.69, 9.17) is 0 Å². The standard InChI is InChI=1S/C31H27N5/c1-3-11-24-12-8-9-16-29(24)35(22-4-2)27-17-19-28(20-18-27)36-30(25-13-6-5-7-14-25)33-34-31(36)26-15-10-21-32-23-26/h3-10,12-21,23H,1-2,11,22H2. The highest BCUT2D eigenvalue weighted by Gasteiger charge is 2.18. The van der Waals surface area contributed by atoms with E-state index in [1.807, 2.05) is 60.8 Å². The van der Waals surface area contributed by atoms with E-state index in [0.717, 1.165) is 46.3 Å². The molecular weight excluding hydrogens is 442 g/mol.